The molecular weight excluding hydrogens is 310 g/mol. The van der Waals surface area contributed by atoms with Crippen LogP contribution in [0.25, 0.3) is 10.9 Å². The summed E-state index contributed by atoms with van der Waals surface area (Å²) in [6, 6.07) is 8.23. The number of benzene rings is 1. The van der Waals surface area contributed by atoms with E-state index in [4.69, 9.17) is 4.98 Å². The summed E-state index contributed by atoms with van der Waals surface area (Å²) in [6.45, 7) is 7.15. The first-order valence-corrected chi connectivity index (χ1v) is 9.44. The number of carbonyl (C=O) groups is 1. The summed E-state index contributed by atoms with van der Waals surface area (Å²) in [5, 5.41) is 7.58. The Kier molecular flexibility index (Phi) is 4.24. The Hall–Kier alpha value is -1.94. The van der Waals surface area contributed by atoms with Crippen LogP contribution >= 0.6 is 0 Å². The molecule has 0 bridgehead atoms. The van der Waals surface area contributed by atoms with Crippen LogP contribution < -0.4 is 10.6 Å². The van der Waals surface area contributed by atoms with Crippen molar-refractivity contribution >= 4 is 16.8 Å². The molecule has 25 heavy (non-hydrogen) atoms. The molecule has 0 atom stereocenters. The number of piperidine rings is 1. The number of amides is 1. The fourth-order valence-corrected chi connectivity index (χ4v) is 3.73. The van der Waals surface area contributed by atoms with Crippen molar-refractivity contribution in [2.45, 2.75) is 45.4 Å². The maximum absolute atomic E-state index is 13.0. The van der Waals surface area contributed by atoms with Gasteiger partial charge in [-0.3, -0.25) is 9.78 Å². The summed E-state index contributed by atoms with van der Waals surface area (Å²) >= 11 is 0. The summed E-state index contributed by atoms with van der Waals surface area (Å²) in [5.41, 5.74) is 4.16. The number of carbonyl (C=O) groups excluding carboxylic acids is 1. The number of hydrogen-bond donors (Lipinski definition) is 2. The van der Waals surface area contributed by atoms with Crippen molar-refractivity contribution in [2.24, 2.45) is 5.41 Å². The van der Waals surface area contributed by atoms with Gasteiger partial charge >= 0.3 is 0 Å². The van der Waals surface area contributed by atoms with E-state index in [-0.39, 0.29) is 11.3 Å². The van der Waals surface area contributed by atoms with Gasteiger partial charge in [0.15, 0.2) is 0 Å². The van der Waals surface area contributed by atoms with Crippen molar-refractivity contribution in [1.29, 1.82) is 0 Å². The van der Waals surface area contributed by atoms with E-state index in [1.54, 1.807) is 0 Å². The van der Waals surface area contributed by atoms with Gasteiger partial charge in [0.1, 0.15) is 0 Å². The summed E-state index contributed by atoms with van der Waals surface area (Å²) < 4.78 is 0. The number of hydrogen-bond acceptors (Lipinski definition) is 3. The van der Waals surface area contributed by atoms with Crippen LogP contribution in [-0.2, 0) is 0 Å². The molecule has 1 aromatic carbocycles. The van der Waals surface area contributed by atoms with Crippen LogP contribution in [0.5, 0.6) is 0 Å². The zero-order valence-electron chi connectivity index (χ0n) is 15.2. The fraction of sp³-hybridized carbons (Fsp3) is 0.524. The molecule has 0 unspecified atom stereocenters. The predicted octanol–water partition coefficient (Wildman–Crippen LogP) is 3.54. The zero-order chi connectivity index (χ0) is 17.4. The van der Waals surface area contributed by atoms with Crippen molar-refractivity contribution in [3.05, 3.63) is 41.1 Å². The molecule has 2 aromatic rings. The molecule has 1 aliphatic heterocycles. The average molecular weight is 337 g/mol. The van der Waals surface area contributed by atoms with E-state index in [0.717, 1.165) is 60.2 Å². The highest BCUT2D eigenvalue weighted by molar-refractivity contribution is 6.06. The Balaban J connectivity index is 1.62. The molecule has 1 aliphatic carbocycles. The van der Waals surface area contributed by atoms with Gasteiger partial charge in [0.05, 0.1) is 11.1 Å². The summed E-state index contributed by atoms with van der Waals surface area (Å²) in [6.07, 6.45) is 4.60. The summed E-state index contributed by atoms with van der Waals surface area (Å²) in [5.74, 6) is 0.582. The quantitative estimate of drug-likeness (QED) is 0.897. The molecule has 132 valence electrons. The minimum atomic E-state index is 0.0413. The predicted molar refractivity (Wildman–Crippen MR) is 101 cm³/mol. The molecule has 2 heterocycles. The molecule has 1 saturated carbocycles. The van der Waals surface area contributed by atoms with E-state index in [9.17, 15) is 4.79 Å². The third kappa shape index (κ3) is 3.54. The molecule has 1 saturated heterocycles. The monoisotopic (exact) mass is 337 g/mol. The first-order valence-electron chi connectivity index (χ1n) is 9.44. The van der Waals surface area contributed by atoms with Gasteiger partial charge in [-0.1, -0.05) is 18.6 Å². The third-order valence-electron chi connectivity index (χ3n) is 5.71. The number of rotatable bonds is 4. The minimum Gasteiger partial charge on any atom is -0.351 e. The molecule has 4 rings (SSSR count). The topological polar surface area (TPSA) is 54.0 Å². The number of nitrogens with zero attached hydrogens (tertiary/aromatic N) is 1. The highest BCUT2D eigenvalue weighted by atomic mass is 16.1. The Morgan fingerprint density at radius 1 is 1.28 bits per heavy atom. The van der Waals surface area contributed by atoms with Crippen molar-refractivity contribution in [3.63, 3.8) is 0 Å². The largest absolute Gasteiger partial charge is 0.351 e. The van der Waals surface area contributed by atoms with Gasteiger partial charge in [-0.25, -0.2) is 0 Å². The average Bonchev–Trinajstić information content (AvgIpc) is 3.45. The summed E-state index contributed by atoms with van der Waals surface area (Å²) in [7, 11) is 0. The van der Waals surface area contributed by atoms with Gasteiger partial charge in [-0.05, 0) is 69.3 Å². The second-order valence-electron chi connectivity index (χ2n) is 8.13. The van der Waals surface area contributed by atoms with Crippen LogP contribution in [0.3, 0.4) is 0 Å². The number of pyridine rings is 1. The Bertz CT molecular complexity index is 804. The van der Waals surface area contributed by atoms with E-state index in [2.05, 4.69) is 36.6 Å². The number of nitrogens with one attached hydrogen (secondary N) is 2. The van der Waals surface area contributed by atoms with Crippen molar-refractivity contribution < 1.29 is 4.79 Å². The lowest BCUT2D eigenvalue weighted by molar-refractivity contribution is 0.0924. The molecule has 4 heteroatoms. The number of fused-ring (bicyclic) bond motifs is 1. The number of aromatic nitrogens is 1. The molecule has 2 fully saturated rings. The maximum atomic E-state index is 13.0. The van der Waals surface area contributed by atoms with E-state index >= 15 is 0 Å². The Morgan fingerprint density at radius 2 is 2.04 bits per heavy atom. The summed E-state index contributed by atoms with van der Waals surface area (Å²) in [4.78, 5) is 17.8. The lowest BCUT2D eigenvalue weighted by Crippen LogP contribution is -2.43. The lowest BCUT2D eigenvalue weighted by atomic mass is 9.81. The normalized spacial score (nSPS) is 19.8. The molecule has 0 spiro atoms. The third-order valence-corrected chi connectivity index (χ3v) is 5.71. The standard InChI is InChI=1S/C21H27N3O/c1-14-3-6-18-16(11-14)17(12-19(24-18)15-4-5-15)20(25)23-13-21(2)7-9-22-10-8-21/h3,6,11-12,15,22H,4-5,7-10,13H2,1-2H3,(H,23,25). The van der Waals surface area contributed by atoms with Gasteiger partial charge in [0.25, 0.3) is 5.91 Å². The molecular formula is C21H27N3O. The van der Waals surface area contributed by atoms with Gasteiger partial charge in [-0.2, -0.15) is 0 Å². The molecule has 1 aromatic heterocycles. The Labute approximate surface area is 149 Å². The van der Waals surface area contributed by atoms with Crippen molar-refractivity contribution in [3.8, 4) is 0 Å². The van der Waals surface area contributed by atoms with Gasteiger partial charge in [-0.15, -0.1) is 0 Å². The Morgan fingerprint density at radius 3 is 2.76 bits per heavy atom. The highest BCUT2D eigenvalue weighted by Crippen LogP contribution is 2.40. The van der Waals surface area contributed by atoms with Crippen molar-refractivity contribution in [1.82, 2.24) is 15.6 Å². The van der Waals surface area contributed by atoms with Crippen molar-refractivity contribution in [2.75, 3.05) is 19.6 Å². The minimum absolute atomic E-state index is 0.0413. The first-order chi connectivity index (χ1) is 12.0. The van der Waals surface area contributed by atoms with Crippen LogP contribution in [-0.4, -0.2) is 30.5 Å². The molecule has 4 nitrogen and oxygen atoms in total. The van der Waals surface area contributed by atoms with Crippen LogP contribution in [0.4, 0.5) is 0 Å². The van der Waals surface area contributed by atoms with Gasteiger partial charge in [0, 0.05) is 23.5 Å². The van der Waals surface area contributed by atoms with E-state index in [0.29, 0.717) is 5.92 Å². The first kappa shape index (κ1) is 16.5. The van der Waals surface area contributed by atoms with E-state index in [1.807, 2.05) is 12.1 Å². The molecule has 2 N–H and O–H groups in total. The van der Waals surface area contributed by atoms with E-state index < -0.39 is 0 Å². The molecule has 2 aliphatic rings. The van der Waals surface area contributed by atoms with E-state index in [1.165, 1.54) is 12.8 Å². The lowest BCUT2D eigenvalue weighted by Gasteiger charge is -2.34. The SMILES string of the molecule is Cc1ccc2nc(C3CC3)cc(C(=O)NCC3(C)CCNCC3)c2c1. The molecule has 1 amide bonds. The highest BCUT2D eigenvalue weighted by Gasteiger charge is 2.29. The van der Waals surface area contributed by atoms with Crippen LogP contribution in [0.1, 0.15) is 60.1 Å². The smallest absolute Gasteiger partial charge is 0.252 e. The zero-order valence-corrected chi connectivity index (χ0v) is 15.2. The second-order valence-corrected chi connectivity index (χ2v) is 8.13. The fourth-order valence-electron chi connectivity index (χ4n) is 3.73. The van der Waals surface area contributed by atoms with Crippen LogP contribution in [0, 0.1) is 12.3 Å². The molecule has 0 radical (unpaired) electrons. The van der Waals surface area contributed by atoms with Crippen LogP contribution in [0.15, 0.2) is 24.3 Å². The van der Waals surface area contributed by atoms with Crippen LogP contribution in [0.2, 0.25) is 0 Å². The van der Waals surface area contributed by atoms with Gasteiger partial charge < -0.3 is 10.6 Å². The maximum Gasteiger partial charge on any atom is 0.252 e. The second kappa shape index (κ2) is 6.41. The van der Waals surface area contributed by atoms with Gasteiger partial charge in [0.2, 0.25) is 0 Å². The number of aryl methyl sites for hydroxylation is 1.